The highest BCUT2D eigenvalue weighted by Gasteiger charge is 2.16. The Hall–Kier alpha value is -5.61. The minimum atomic E-state index is -0.322. The van der Waals surface area contributed by atoms with Crippen molar-refractivity contribution in [1.29, 1.82) is 0 Å². The van der Waals surface area contributed by atoms with E-state index in [4.69, 9.17) is 4.74 Å². The van der Waals surface area contributed by atoms with Crippen LogP contribution in [0.4, 0.5) is 10.1 Å². The summed E-state index contributed by atoms with van der Waals surface area (Å²) in [5.74, 6) is 0.339. The van der Waals surface area contributed by atoms with Crippen molar-refractivity contribution in [2.24, 2.45) is 0 Å². The third-order valence-electron chi connectivity index (χ3n) is 7.57. The summed E-state index contributed by atoms with van der Waals surface area (Å²) in [6.07, 6.45) is 6.97. The molecule has 3 N–H and O–H groups in total. The quantitative estimate of drug-likeness (QED) is 0.157. The molecular weight excluding hydrogens is 567 g/mol. The van der Waals surface area contributed by atoms with Gasteiger partial charge in [0.1, 0.15) is 23.9 Å². The van der Waals surface area contributed by atoms with Gasteiger partial charge in [-0.25, -0.2) is 4.39 Å². The molecule has 10 heteroatoms. The molecule has 45 heavy (non-hydrogen) atoms. The maximum Gasteiger partial charge on any atom is 0.138 e. The molecule has 0 atom stereocenters. The van der Waals surface area contributed by atoms with Crippen LogP contribution in [0.25, 0.3) is 55.7 Å². The molecule has 5 aromatic heterocycles. The van der Waals surface area contributed by atoms with Crippen molar-refractivity contribution in [3.8, 4) is 39.7 Å². The Kier molecular flexibility index (Phi) is 7.62. The van der Waals surface area contributed by atoms with Crippen molar-refractivity contribution in [2.75, 3.05) is 32.5 Å². The number of likely N-dealkylation sites (N-methyl/N-ethyl adjacent to an activating group) is 1. The minimum Gasteiger partial charge on any atom is -0.487 e. The lowest BCUT2D eigenvalue weighted by Gasteiger charge is -2.12. The first kappa shape index (κ1) is 28.2. The number of H-pyrrole nitrogens is 2. The van der Waals surface area contributed by atoms with Crippen LogP contribution >= 0.6 is 0 Å². The molecule has 0 aliphatic rings. The summed E-state index contributed by atoms with van der Waals surface area (Å²) >= 11 is 0. The molecular formula is C35H31FN8O. The first-order chi connectivity index (χ1) is 22.0. The average Bonchev–Trinajstić information content (AvgIpc) is 3.68. The molecule has 0 fully saturated rings. The Balaban J connectivity index is 1.20. The lowest BCUT2D eigenvalue weighted by Crippen LogP contribution is -2.20. The van der Waals surface area contributed by atoms with Crippen molar-refractivity contribution in [1.82, 2.24) is 35.0 Å². The van der Waals surface area contributed by atoms with Crippen LogP contribution in [-0.4, -0.2) is 62.2 Å². The summed E-state index contributed by atoms with van der Waals surface area (Å²) in [5, 5.41) is 12.8. The van der Waals surface area contributed by atoms with E-state index in [1.54, 1.807) is 24.8 Å². The van der Waals surface area contributed by atoms with Crippen LogP contribution < -0.4 is 10.1 Å². The molecule has 0 spiro atoms. The van der Waals surface area contributed by atoms with Crippen LogP contribution in [0, 0.1) is 5.82 Å². The number of hydrogen-bond acceptors (Lipinski definition) is 7. The van der Waals surface area contributed by atoms with Crippen molar-refractivity contribution in [3.05, 3.63) is 109 Å². The molecule has 0 radical (unpaired) electrons. The summed E-state index contributed by atoms with van der Waals surface area (Å²) < 4.78 is 20.7. The molecule has 7 aromatic rings. The van der Waals surface area contributed by atoms with Gasteiger partial charge >= 0.3 is 0 Å². The molecule has 224 valence electrons. The highest BCUT2D eigenvalue weighted by atomic mass is 19.1. The molecule has 5 heterocycles. The summed E-state index contributed by atoms with van der Waals surface area (Å²) in [5.41, 5.74) is 7.97. The zero-order chi connectivity index (χ0) is 30.8. The average molecular weight is 599 g/mol. The van der Waals surface area contributed by atoms with Gasteiger partial charge in [-0.1, -0.05) is 30.3 Å². The SMILES string of the molecule is CN(C)CCNc1cc(F)cc(-c2nccc3[nH]c(-c4n[nH]c5cnc(-c6cncc(OCc7ccccc7)c6)cc45)cc23)c1. The van der Waals surface area contributed by atoms with Gasteiger partial charge in [0, 0.05) is 58.6 Å². The third-order valence-corrected chi connectivity index (χ3v) is 7.57. The zero-order valence-corrected chi connectivity index (χ0v) is 24.9. The number of hydrogen-bond donors (Lipinski definition) is 3. The van der Waals surface area contributed by atoms with E-state index in [1.165, 1.54) is 12.1 Å². The van der Waals surface area contributed by atoms with Gasteiger partial charge in [0.25, 0.3) is 0 Å². The van der Waals surface area contributed by atoms with E-state index in [0.717, 1.165) is 56.6 Å². The summed E-state index contributed by atoms with van der Waals surface area (Å²) in [6.45, 7) is 1.98. The van der Waals surface area contributed by atoms with E-state index in [1.807, 2.05) is 74.8 Å². The first-order valence-electron chi connectivity index (χ1n) is 14.6. The van der Waals surface area contributed by atoms with Crippen molar-refractivity contribution in [3.63, 3.8) is 0 Å². The molecule has 0 saturated heterocycles. The number of aromatic amines is 2. The predicted molar refractivity (Wildman–Crippen MR) is 175 cm³/mol. The third kappa shape index (κ3) is 6.09. The van der Waals surface area contributed by atoms with Gasteiger partial charge in [0.2, 0.25) is 0 Å². The largest absolute Gasteiger partial charge is 0.487 e. The summed E-state index contributed by atoms with van der Waals surface area (Å²) in [6, 6.07) is 22.8. The van der Waals surface area contributed by atoms with E-state index in [-0.39, 0.29) is 5.82 Å². The van der Waals surface area contributed by atoms with Crippen LogP contribution in [0.3, 0.4) is 0 Å². The summed E-state index contributed by atoms with van der Waals surface area (Å²) in [4.78, 5) is 19.2. The van der Waals surface area contributed by atoms with Gasteiger partial charge in [-0.15, -0.1) is 0 Å². The fourth-order valence-corrected chi connectivity index (χ4v) is 5.32. The molecule has 0 amide bonds. The smallest absolute Gasteiger partial charge is 0.138 e. The van der Waals surface area contributed by atoms with Crippen LogP contribution in [0.15, 0.2) is 97.6 Å². The molecule has 9 nitrogen and oxygen atoms in total. The highest BCUT2D eigenvalue weighted by molar-refractivity contribution is 6.00. The molecule has 0 saturated carbocycles. The second-order valence-electron chi connectivity index (χ2n) is 11.1. The fraction of sp³-hybridized carbons (Fsp3) is 0.143. The fourth-order valence-electron chi connectivity index (χ4n) is 5.32. The Labute approximate surface area is 259 Å². The van der Waals surface area contributed by atoms with Gasteiger partial charge in [-0.05, 0) is 62.1 Å². The van der Waals surface area contributed by atoms with Gasteiger partial charge in [0.15, 0.2) is 0 Å². The Bertz CT molecular complexity index is 2100. The van der Waals surface area contributed by atoms with Crippen molar-refractivity contribution in [2.45, 2.75) is 6.61 Å². The van der Waals surface area contributed by atoms with Gasteiger partial charge in [0.05, 0.1) is 35.0 Å². The Morgan fingerprint density at radius 2 is 1.71 bits per heavy atom. The van der Waals surface area contributed by atoms with Crippen LogP contribution in [0.2, 0.25) is 0 Å². The number of rotatable bonds is 10. The van der Waals surface area contributed by atoms with Gasteiger partial charge in [-0.2, -0.15) is 5.10 Å². The minimum absolute atomic E-state index is 0.322. The highest BCUT2D eigenvalue weighted by Crippen LogP contribution is 2.35. The number of ether oxygens (including phenoxy) is 1. The molecule has 0 unspecified atom stereocenters. The Morgan fingerprint density at radius 1 is 0.844 bits per heavy atom. The standard InChI is InChI=1S/C35H31FN8O/c1-44(2)11-10-38-26-13-23(12-25(36)15-26)34-28-17-32(41-30(28)8-9-39-34)35-29-16-31(40-20-33(29)42-43-35)24-14-27(19-37-18-24)45-21-22-6-4-3-5-7-22/h3-9,12-20,38,41H,10-11,21H2,1-2H3,(H,42,43). The normalized spacial score (nSPS) is 11.5. The molecule has 2 aromatic carbocycles. The van der Waals surface area contributed by atoms with E-state index >= 15 is 0 Å². The molecule has 0 aliphatic heterocycles. The van der Waals surface area contributed by atoms with E-state index in [9.17, 15) is 4.39 Å². The second kappa shape index (κ2) is 12.2. The Morgan fingerprint density at radius 3 is 2.58 bits per heavy atom. The lowest BCUT2D eigenvalue weighted by molar-refractivity contribution is 0.305. The maximum absolute atomic E-state index is 14.7. The second-order valence-corrected chi connectivity index (χ2v) is 11.1. The van der Waals surface area contributed by atoms with Crippen molar-refractivity contribution < 1.29 is 9.13 Å². The molecule has 7 rings (SSSR count). The predicted octanol–water partition coefficient (Wildman–Crippen LogP) is 6.92. The lowest BCUT2D eigenvalue weighted by atomic mass is 10.1. The van der Waals surface area contributed by atoms with Crippen LogP contribution in [0.5, 0.6) is 5.75 Å². The van der Waals surface area contributed by atoms with Crippen LogP contribution in [0.1, 0.15) is 5.56 Å². The number of aromatic nitrogens is 6. The number of nitrogens with one attached hydrogen (secondary N) is 3. The molecule has 0 bridgehead atoms. The number of pyridine rings is 3. The number of anilines is 1. The van der Waals surface area contributed by atoms with E-state index in [2.05, 4.69) is 40.3 Å². The maximum atomic E-state index is 14.7. The number of fused-ring (bicyclic) bond motifs is 2. The molecule has 0 aliphatic carbocycles. The van der Waals surface area contributed by atoms with E-state index in [0.29, 0.717) is 35.8 Å². The number of benzene rings is 2. The van der Waals surface area contributed by atoms with Crippen molar-refractivity contribution >= 4 is 27.5 Å². The van der Waals surface area contributed by atoms with Crippen LogP contribution in [-0.2, 0) is 6.61 Å². The van der Waals surface area contributed by atoms with Gasteiger partial charge in [-0.3, -0.25) is 20.1 Å². The first-order valence-corrected chi connectivity index (χ1v) is 14.6. The number of nitrogens with zero attached hydrogens (tertiary/aromatic N) is 5. The number of halogens is 1. The monoisotopic (exact) mass is 598 g/mol. The summed E-state index contributed by atoms with van der Waals surface area (Å²) in [7, 11) is 4.01. The zero-order valence-electron chi connectivity index (χ0n) is 24.9. The van der Waals surface area contributed by atoms with Gasteiger partial charge < -0.3 is 19.9 Å². The van der Waals surface area contributed by atoms with E-state index < -0.39 is 0 Å². The topological polar surface area (TPSA) is 108 Å².